The quantitative estimate of drug-likeness (QED) is 0.500. The number of para-hydroxylation sites is 1. The summed E-state index contributed by atoms with van der Waals surface area (Å²) in [4.78, 5) is 23.1. The molecule has 0 saturated heterocycles. The molecule has 6 nitrogen and oxygen atoms in total. The molecule has 1 rings (SSSR count). The second-order valence-electron chi connectivity index (χ2n) is 5.37. The summed E-state index contributed by atoms with van der Waals surface area (Å²) in [5, 5.41) is 6.32. The first-order valence-corrected chi connectivity index (χ1v) is 6.71. The standard InChI is InChI=1S/C15H21N3O3/c1-5-21-12-9-7-6-8-11(12)10-16-18-14(20)13(19)17-15(2,3)4/h6-10H,5H2,1-4H3,(H,17,19)(H,18,20)/b16-10-. The Bertz CT molecular complexity index is 533. The molecule has 0 aliphatic rings. The zero-order valence-corrected chi connectivity index (χ0v) is 12.8. The Morgan fingerprint density at radius 2 is 1.90 bits per heavy atom. The molecule has 1 aromatic rings. The van der Waals surface area contributed by atoms with Crippen molar-refractivity contribution in [3.05, 3.63) is 29.8 Å². The molecular formula is C15H21N3O3. The van der Waals surface area contributed by atoms with Crippen molar-refractivity contribution in [1.82, 2.24) is 10.7 Å². The van der Waals surface area contributed by atoms with E-state index in [1.54, 1.807) is 32.9 Å². The van der Waals surface area contributed by atoms with Crippen molar-refractivity contribution in [1.29, 1.82) is 0 Å². The van der Waals surface area contributed by atoms with Crippen LogP contribution in [0.25, 0.3) is 0 Å². The van der Waals surface area contributed by atoms with Gasteiger partial charge in [0.05, 0.1) is 12.8 Å². The van der Waals surface area contributed by atoms with Crippen molar-refractivity contribution >= 4 is 18.0 Å². The summed E-state index contributed by atoms with van der Waals surface area (Å²) < 4.78 is 5.42. The molecule has 0 aliphatic carbocycles. The summed E-state index contributed by atoms with van der Waals surface area (Å²) >= 11 is 0. The summed E-state index contributed by atoms with van der Waals surface area (Å²) in [7, 11) is 0. The monoisotopic (exact) mass is 291 g/mol. The molecule has 0 aromatic heterocycles. The average molecular weight is 291 g/mol. The maximum Gasteiger partial charge on any atom is 0.329 e. The number of carbonyl (C=O) groups excluding carboxylic acids is 2. The molecule has 0 fully saturated rings. The molecule has 0 bridgehead atoms. The lowest BCUT2D eigenvalue weighted by Crippen LogP contribution is -2.47. The molecule has 0 heterocycles. The van der Waals surface area contributed by atoms with Gasteiger partial charge in [0.1, 0.15) is 5.75 Å². The van der Waals surface area contributed by atoms with E-state index in [0.717, 1.165) is 5.56 Å². The predicted octanol–water partition coefficient (Wildman–Crippen LogP) is 1.45. The summed E-state index contributed by atoms with van der Waals surface area (Å²) in [6.45, 7) is 7.79. The molecule has 21 heavy (non-hydrogen) atoms. The zero-order valence-electron chi connectivity index (χ0n) is 12.8. The molecular weight excluding hydrogens is 270 g/mol. The van der Waals surface area contributed by atoms with Gasteiger partial charge in [0.15, 0.2) is 0 Å². The normalized spacial score (nSPS) is 11.2. The minimum atomic E-state index is -0.810. The third-order valence-corrected chi connectivity index (χ3v) is 2.28. The molecule has 0 unspecified atom stereocenters. The van der Waals surface area contributed by atoms with E-state index in [4.69, 9.17) is 4.74 Å². The van der Waals surface area contributed by atoms with E-state index >= 15 is 0 Å². The fourth-order valence-corrected chi connectivity index (χ4v) is 1.48. The third kappa shape index (κ3) is 6.07. The van der Waals surface area contributed by atoms with Gasteiger partial charge >= 0.3 is 11.8 Å². The van der Waals surface area contributed by atoms with E-state index < -0.39 is 17.4 Å². The number of nitrogens with zero attached hydrogens (tertiary/aromatic N) is 1. The van der Waals surface area contributed by atoms with Gasteiger partial charge in [-0.15, -0.1) is 0 Å². The number of hydrazone groups is 1. The van der Waals surface area contributed by atoms with E-state index in [0.29, 0.717) is 12.4 Å². The highest BCUT2D eigenvalue weighted by atomic mass is 16.5. The molecule has 6 heteroatoms. The van der Waals surface area contributed by atoms with Crippen LogP contribution in [0.3, 0.4) is 0 Å². The minimum absolute atomic E-state index is 0.473. The van der Waals surface area contributed by atoms with Crippen molar-refractivity contribution < 1.29 is 14.3 Å². The second-order valence-corrected chi connectivity index (χ2v) is 5.37. The van der Waals surface area contributed by atoms with E-state index in [1.165, 1.54) is 6.21 Å². The van der Waals surface area contributed by atoms with Crippen LogP contribution in [0.5, 0.6) is 5.75 Å². The molecule has 0 radical (unpaired) electrons. The number of rotatable bonds is 4. The van der Waals surface area contributed by atoms with Crippen molar-refractivity contribution in [2.75, 3.05) is 6.61 Å². The number of amides is 2. The van der Waals surface area contributed by atoms with Crippen LogP contribution in [0.1, 0.15) is 33.3 Å². The molecule has 0 aliphatic heterocycles. The lowest BCUT2D eigenvalue weighted by atomic mass is 10.1. The van der Waals surface area contributed by atoms with Crippen molar-refractivity contribution in [3.8, 4) is 5.75 Å². The van der Waals surface area contributed by atoms with Gasteiger partial charge < -0.3 is 10.1 Å². The van der Waals surface area contributed by atoms with Crippen LogP contribution in [0.4, 0.5) is 0 Å². The minimum Gasteiger partial charge on any atom is -0.493 e. The van der Waals surface area contributed by atoms with Gasteiger partial charge in [-0.05, 0) is 39.8 Å². The number of nitrogens with one attached hydrogen (secondary N) is 2. The molecule has 2 amide bonds. The van der Waals surface area contributed by atoms with Crippen LogP contribution >= 0.6 is 0 Å². The molecule has 2 N–H and O–H groups in total. The Kier molecular flexibility index (Phi) is 5.90. The number of hydrogen-bond acceptors (Lipinski definition) is 4. The second kappa shape index (κ2) is 7.42. The van der Waals surface area contributed by atoms with E-state index in [-0.39, 0.29) is 0 Å². The van der Waals surface area contributed by atoms with Gasteiger partial charge in [-0.2, -0.15) is 5.10 Å². The number of ether oxygens (including phenoxy) is 1. The van der Waals surface area contributed by atoms with Gasteiger partial charge in [-0.3, -0.25) is 9.59 Å². The third-order valence-electron chi connectivity index (χ3n) is 2.28. The summed E-state index contributed by atoms with van der Waals surface area (Å²) in [6, 6.07) is 7.28. The van der Waals surface area contributed by atoms with Crippen molar-refractivity contribution in [2.24, 2.45) is 5.10 Å². The molecule has 114 valence electrons. The summed E-state index contributed by atoms with van der Waals surface area (Å²) in [6.07, 6.45) is 1.44. The SMILES string of the molecule is CCOc1ccccc1/C=N\NC(=O)C(=O)NC(C)(C)C. The molecule has 0 spiro atoms. The van der Waals surface area contributed by atoms with Crippen LogP contribution in [-0.4, -0.2) is 30.2 Å². The van der Waals surface area contributed by atoms with Gasteiger partial charge in [0.2, 0.25) is 0 Å². The Morgan fingerprint density at radius 3 is 2.52 bits per heavy atom. The first-order chi connectivity index (χ1) is 9.83. The van der Waals surface area contributed by atoms with E-state index in [2.05, 4.69) is 15.8 Å². The summed E-state index contributed by atoms with van der Waals surface area (Å²) in [5.74, 6) is -0.870. The van der Waals surface area contributed by atoms with Gasteiger partial charge in [0, 0.05) is 11.1 Å². The predicted molar refractivity (Wildman–Crippen MR) is 81.2 cm³/mol. The van der Waals surface area contributed by atoms with Crippen LogP contribution in [0, 0.1) is 0 Å². The van der Waals surface area contributed by atoms with Crippen LogP contribution in [-0.2, 0) is 9.59 Å². The summed E-state index contributed by atoms with van der Waals surface area (Å²) in [5.41, 5.74) is 2.43. The van der Waals surface area contributed by atoms with Gasteiger partial charge in [-0.1, -0.05) is 12.1 Å². The number of carbonyl (C=O) groups is 2. The molecule has 1 aromatic carbocycles. The first-order valence-electron chi connectivity index (χ1n) is 6.71. The number of hydrogen-bond donors (Lipinski definition) is 2. The van der Waals surface area contributed by atoms with E-state index in [9.17, 15) is 9.59 Å². The van der Waals surface area contributed by atoms with Crippen LogP contribution < -0.4 is 15.5 Å². The first kappa shape index (κ1) is 16.7. The highest BCUT2D eigenvalue weighted by Crippen LogP contribution is 2.15. The smallest absolute Gasteiger partial charge is 0.329 e. The van der Waals surface area contributed by atoms with Gasteiger partial charge in [-0.25, -0.2) is 5.43 Å². The number of benzene rings is 1. The van der Waals surface area contributed by atoms with Gasteiger partial charge in [0.25, 0.3) is 0 Å². The molecule has 0 atom stereocenters. The molecule has 0 saturated carbocycles. The largest absolute Gasteiger partial charge is 0.493 e. The maximum atomic E-state index is 11.6. The lowest BCUT2D eigenvalue weighted by Gasteiger charge is -2.19. The van der Waals surface area contributed by atoms with Crippen LogP contribution in [0.2, 0.25) is 0 Å². The van der Waals surface area contributed by atoms with Crippen molar-refractivity contribution in [2.45, 2.75) is 33.2 Å². The maximum absolute atomic E-state index is 11.6. The lowest BCUT2D eigenvalue weighted by molar-refractivity contribution is -0.140. The Labute approximate surface area is 124 Å². The fraction of sp³-hybridized carbons (Fsp3) is 0.400. The van der Waals surface area contributed by atoms with Crippen LogP contribution in [0.15, 0.2) is 29.4 Å². The zero-order chi connectivity index (χ0) is 15.9. The topological polar surface area (TPSA) is 79.8 Å². The highest BCUT2D eigenvalue weighted by molar-refractivity contribution is 6.35. The fourth-order valence-electron chi connectivity index (χ4n) is 1.48. The van der Waals surface area contributed by atoms with Crippen molar-refractivity contribution in [3.63, 3.8) is 0 Å². The Morgan fingerprint density at radius 1 is 1.24 bits per heavy atom. The Balaban J connectivity index is 2.62. The average Bonchev–Trinajstić information content (AvgIpc) is 2.39. The Hall–Kier alpha value is -2.37. The highest BCUT2D eigenvalue weighted by Gasteiger charge is 2.19. The van der Waals surface area contributed by atoms with E-state index in [1.807, 2.05) is 19.1 Å².